The number of benzene rings is 1. The fourth-order valence-electron chi connectivity index (χ4n) is 5.62. The van der Waals surface area contributed by atoms with Gasteiger partial charge in [0, 0.05) is 29.7 Å². The van der Waals surface area contributed by atoms with Crippen LogP contribution in [-0.4, -0.2) is 42.0 Å². The minimum atomic E-state index is -2.75. The molecule has 2 aromatic rings. The quantitative estimate of drug-likeness (QED) is 0.675. The Morgan fingerprint density at radius 2 is 2.36 bits per heavy atom. The second-order valence-electron chi connectivity index (χ2n) is 7.59. The monoisotopic (exact) mass is 339 g/mol. The Bertz CT molecular complexity index is 993. The summed E-state index contributed by atoms with van der Waals surface area (Å²) in [4.78, 5) is 19.4. The number of carbonyl (C=O) groups is 1. The van der Waals surface area contributed by atoms with Crippen molar-refractivity contribution in [3.8, 4) is 0 Å². The molecular formula is C21H24N2O2. The molecule has 0 amide bonds. The van der Waals surface area contributed by atoms with E-state index in [1.165, 1.54) is 5.57 Å². The summed E-state index contributed by atoms with van der Waals surface area (Å²) in [6.07, 6.45) is 4.57. The molecule has 4 atom stereocenters. The highest BCUT2D eigenvalue weighted by atomic mass is 16.5. The van der Waals surface area contributed by atoms with Gasteiger partial charge < -0.3 is 9.72 Å². The number of hydrogen-bond acceptors (Lipinski definition) is 3. The summed E-state index contributed by atoms with van der Waals surface area (Å²) < 4.78 is 27.7. The van der Waals surface area contributed by atoms with Crippen LogP contribution in [0.5, 0.6) is 0 Å². The second kappa shape index (κ2) is 5.21. The molecule has 1 fully saturated rings. The highest BCUT2D eigenvalue weighted by Gasteiger charge is 2.60. The van der Waals surface area contributed by atoms with Gasteiger partial charge in [-0.3, -0.25) is 9.69 Å². The fourth-order valence-corrected chi connectivity index (χ4v) is 5.62. The van der Waals surface area contributed by atoms with E-state index < -0.39 is 18.4 Å². The highest BCUT2D eigenvalue weighted by Crippen LogP contribution is 2.52. The van der Waals surface area contributed by atoms with E-state index in [4.69, 9.17) is 8.85 Å². The predicted octanol–water partition coefficient (Wildman–Crippen LogP) is 3.18. The van der Waals surface area contributed by atoms with Gasteiger partial charge in [0.25, 0.3) is 0 Å². The van der Waals surface area contributed by atoms with E-state index >= 15 is 0 Å². The van der Waals surface area contributed by atoms with Crippen molar-refractivity contribution in [2.75, 3.05) is 20.1 Å². The first kappa shape index (κ1) is 12.3. The average Bonchev–Trinajstić information content (AvgIpc) is 2.99. The molecule has 1 saturated heterocycles. The van der Waals surface area contributed by atoms with Crippen LogP contribution >= 0.6 is 0 Å². The molecule has 4 bridgehead atoms. The average molecular weight is 339 g/mol. The van der Waals surface area contributed by atoms with Crippen LogP contribution in [0.4, 0.5) is 0 Å². The van der Waals surface area contributed by atoms with Crippen LogP contribution in [0.3, 0.4) is 0 Å². The SMILES string of the molecule is [2H]C([2H])([2H])OC(=O)[C@]12C[C@@H]3C=C(CC)[C@H]1N(CCc1c2[nH]c2ccccc12)C3. The summed E-state index contributed by atoms with van der Waals surface area (Å²) >= 11 is 0. The van der Waals surface area contributed by atoms with Crippen molar-refractivity contribution < 1.29 is 13.6 Å². The number of H-pyrrole nitrogens is 1. The lowest BCUT2D eigenvalue weighted by atomic mass is 9.60. The lowest BCUT2D eigenvalue weighted by Crippen LogP contribution is -2.63. The van der Waals surface area contributed by atoms with Gasteiger partial charge in [-0.2, -0.15) is 0 Å². The molecule has 4 aliphatic rings. The smallest absolute Gasteiger partial charge is 0.319 e. The van der Waals surface area contributed by atoms with Crippen LogP contribution < -0.4 is 0 Å². The molecule has 0 saturated carbocycles. The summed E-state index contributed by atoms with van der Waals surface area (Å²) in [5.74, 6) is -0.401. The number of rotatable bonds is 2. The lowest BCUT2D eigenvalue weighted by molar-refractivity contribution is -0.153. The van der Waals surface area contributed by atoms with E-state index in [2.05, 4.69) is 29.0 Å². The largest absolute Gasteiger partial charge is 0.468 e. The first-order valence-corrected chi connectivity index (χ1v) is 9.11. The van der Waals surface area contributed by atoms with Crippen molar-refractivity contribution in [1.29, 1.82) is 0 Å². The summed E-state index contributed by atoms with van der Waals surface area (Å²) in [5, 5.41) is 1.12. The number of para-hydroxylation sites is 1. The van der Waals surface area contributed by atoms with Crippen LogP contribution in [0, 0.1) is 5.92 Å². The van der Waals surface area contributed by atoms with E-state index in [0.717, 1.165) is 48.1 Å². The Labute approximate surface area is 152 Å². The number of methoxy groups -OCH3 is 1. The number of piperidine rings is 1. The van der Waals surface area contributed by atoms with E-state index in [1.54, 1.807) is 0 Å². The molecule has 1 aromatic carbocycles. The summed E-state index contributed by atoms with van der Waals surface area (Å²) in [6.45, 7) is 3.88. The molecular weight excluding hydrogens is 312 g/mol. The molecule has 130 valence electrons. The number of aromatic amines is 1. The first-order chi connectivity index (χ1) is 13.3. The molecule has 1 aromatic heterocycles. The Morgan fingerprint density at radius 1 is 1.48 bits per heavy atom. The third-order valence-corrected chi connectivity index (χ3v) is 6.46. The van der Waals surface area contributed by atoms with Gasteiger partial charge >= 0.3 is 5.97 Å². The van der Waals surface area contributed by atoms with Gasteiger partial charge in [-0.15, -0.1) is 0 Å². The maximum absolute atomic E-state index is 13.5. The maximum atomic E-state index is 13.5. The van der Waals surface area contributed by atoms with Gasteiger partial charge in [-0.25, -0.2) is 0 Å². The molecule has 3 aliphatic heterocycles. The molecule has 4 nitrogen and oxygen atoms in total. The van der Waals surface area contributed by atoms with Crippen LogP contribution in [0.25, 0.3) is 10.9 Å². The second-order valence-corrected chi connectivity index (χ2v) is 7.59. The van der Waals surface area contributed by atoms with Gasteiger partial charge in [0.15, 0.2) is 0 Å². The van der Waals surface area contributed by atoms with Crippen molar-refractivity contribution in [3.05, 3.63) is 47.2 Å². The number of carbonyl (C=O) groups excluding carboxylic acids is 1. The van der Waals surface area contributed by atoms with Crippen LogP contribution in [-0.2, 0) is 21.4 Å². The molecule has 6 rings (SSSR count). The van der Waals surface area contributed by atoms with E-state index in [0.29, 0.717) is 6.42 Å². The molecule has 25 heavy (non-hydrogen) atoms. The van der Waals surface area contributed by atoms with Crippen molar-refractivity contribution in [3.63, 3.8) is 0 Å². The number of nitrogens with zero attached hydrogens (tertiary/aromatic N) is 1. The van der Waals surface area contributed by atoms with Crippen LogP contribution in [0.2, 0.25) is 0 Å². The van der Waals surface area contributed by atoms with Crippen LogP contribution in [0.1, 0.15) is 35.1 Å². The number of nitrogens with one attached hydrogen (secondary N) is 1. The molecule has 1 unspecified atom stereocenters. The number of aromatic nitrogens is 1. The van der Waals surface area contributed by atoms with Gasteiger partial charge in [0.2, 0.25) is 0 Å². The minimum absolute atomic E-state index is 0.147. The fraction of sp³-hybridized carbons (Fsp3) is 0.476. The number of hydrogen-bond donors (Lipinski definition) is 1. The van der Waals surface area contributed by atoms with Crippen molar-refractivity contribution in [1.82, 2.24) is 9.88 Å². The zero-order valence-corrected chi connectivity index (χ0v) is 14.3. The molecule has 0 spiro atoms. The van der Waals surface area contributed by atoms with Crippen molar-refractivity contribution >= 4 is 16.9 Å². The Kier molecular flexibility index (Phi) is 2.57. The predicted molar refractivity (Wildman–Crippen MR) is 97.5 cm³/mol. The van der Waals surface area contributed by atoms with Crippen molar-refractivity contribution in [2.24, 2.45) is 5.92 Å². The first-order valence-electron chi connectivity index (χ1n) is 10.6. The van der Waals surface area contributed by atoms with Gasteiger partial charge in [0.05, 0.1) is 17.2 Å². The molecule has 4 heteroatoms. The van der Waals surface area contributed by atoms with E-state index in [-0.39, 0.29) is 12.0 Å². The molecule has 1 aliphatic carbocycles. The van der Waals surface area contributed by atoms with Gasteiger partial charge in [0.1, 0.15) is 5.41 Å². The Hall–Kier alpha value is -2.07. The topological polar surface area (TPSA) is 45.3 Å². The zero-order chi connectivity index (χ0) is 19.7. The molecule has 0 radical (unpaired) electrons. The highest BCUT2D eigenvalue weighted by molar-refractivity contribution is 5.92. The zero-order valence-electron chi connectivity index (χ0n) is 17.3. The number of ether oxygens (including phenoxy) is 1. The molecule has 1 N–H and O–H groups in total. The summed E-state index contributed by atoms with van der Waals surface area (Å²) in [6, 6.07) is 7.92. The molecule has 4 heterocycles. The minimum Gasteiger partial charge on any atom is -0.468 e. The summed E-state index contributed by atoms with van der Waals surface area (Å²) in [5.41, 5.74) is 3.20. The van der Waals surface area contributed by atoms with Crippen LogP contribution in [0.15, 0.2) is 35.9 Å². The lowest BCUT2D eigenvalue weighted by Gasteiger charge is -2.53. The van der Waals surface area contributed by atoms with E-state index in [9.17, 15) is 4.79 Å². The summed E-state index contributed by atoms with van der Waals surface area (Å²) in [7, 11) is -2.75. The third-order valence-electron chi connectivity index (χ3n) is 6.46. The van der Waals surface area contributed by atoms with Gasteiger partial charge in [-0.05, 0) is 36.8 Å². The number of fused-ring (bicyclic) bond motifs is 3. The number of esters is 1. The van der Waals surface area contributed by atoms with Crippen molar-refractivity contribution in [2.45, 2.75) is 37.6 Å². The third kappa shape index (κ3) is 1.83. The Balaban J connectivity index is 1.78. The van der Waals surface area contributed by atoms with Gasteiger partial charge in [-0.1, -0.05) is 36.8 Å². The standard InChI is InChI=1S/C21H24N2O2/c1-3-14-10-13-11-21(20(24)25-2)18-16(8-9-23(12-13)19(14)21)15-6-4-5-7-17(15)22-18/h4-7,10,13,19,22H,3,8-9,11-12H2,1-2H3/t13-,19+,21-/m0/s1/i2D3. The Morgan fingerprint density at radius 3 is 3.20 bits per heavy atom. The normalized spacial score (nSPS) is 35.2. The maximum Gasteiger partial charge on any atom is 0.319 e. The van der Waals surface area contributed by atoms with E-state index in [1.807, 2.05) is 18.2 Å².